The van der Waals surface area contributed by atoms with Crippen molar-refractivity contribution >= 4 is 34.1 Å². The number of nitrogens with one attached hydrogen (secondary N) is 1. The quantitative estimate of drug-likeness (QED) is 0.251. The van der Waals surface area contributed by atoms with Crippen molar-refractivity contribution in [1.82, 2.24) is 9.99 Å². The molecule has 198 valence electrons. The Morgan fingerprint density at radius 3 is 2.25 bits per heavy atom. The lowest BCUT2D eigenvalue weighted by Gasteiger charge is -2.26. The summed E-state index contributed by atoms with van der Waals surface area (Å²) in [5.41, 5.74) is 4.66. The number of ether oxygens (including phenoxy) is 1. The summed E-state index contributed by atoms with van der Waals surface area (Å²) >= 11 is 6.20. The van der Waals surface area contributed by atoms with Crippen LogP contribution in [0.1, 0.15) is 35.3 Å². The molecule has 0 aliphatic carbocycles. The third-order valence-electron chi connectivity index (χ3n) is 7.23. The van der Waals surface area contributed by atoms with Crippen LogP contribution in [0.5, 0.6) is 0 Å². The lowest BCUT2D eigenvalue weighted by Crippen LogP contribution is -2.32. The molecule has 0 saturated carbocycles. The fourth-order valence-corrected chi connectivity index (χ4v) is 5.49. The van der Waals surface area contributed by atoms with Crippen molar-refractivity contribution in [2.24, 2.45) is 5.10 Å². The minimum atomic E-state index is -0.846. The van der Waals surface area contributed by atoms with E-state index in [1.165, 1.54) is 12.1 Å². The number of benzene rings is 4. The normalized spacial score (nSPS) is 15.7. The van der Waals surface area contributed by atoms with Crippen molar-refractivity contribution in [2.75, 3.05) is 7.11 Å². The van der Waals surface area contributed by atoms with Crippen LogP contribution in [0.3, 0.4) is 0 Å². The molecule has 1 amide bonds. The number of hydrazone groups is 1. The van der Waals surface area contributed by atoms with Crippen LogP contribution in [0.2, 0.25) is 5.02 Å². The van der Waals surface area contributed by atoms with Crippen LogP contribution in [0.4, 0.5) is 0 Å². The second-order valence-electron chi connectivity index (χ2n) is 9.64. The molecule has 1 aromatic heterocycles. The third-order valence-corrected chi connectivity index (χ3v) is 7.48. The molecule has 0 unspecified atom stereocenters. The first-order chi connectivity index (χ1) is 19.5. The van der Waals surface area contributed by atoms with Gasteiger partial charge in [0.15, 0.2) is 6.10 Å². The smallest absolute Gasteiger partial charge is 0.276 e. The number of hydrogen-bond acceptors (Lipinski definition) is 4. The monoisotopic (exact) mass is 547 g/mol. The molecular weight excluding hydrogens is 522 g/mol. The van der Waals surface area contributed by atoms with Gasteiger partial charge < -0.3 is 9.72 Å². The van der Waals surface area contributed by atoms with E-state index < -0.39 is 12.1 Å². The van der Waals surface area contributed by atoms with Gasteiger partial charge in [0.25, 0.3) is 11.5 Å². The molecule has 4 aromatic carbocycles. The largest absolute Gasteiger partial charge is 0.367 e. The summed E-state index contributed by atoms with van der Waals surface area (Å²) in [5, 5.41) is 7.81. The highest BCUT2D eigenvalue weighted by molar-refractivity contribution is 6.30. The van der Waals surface area contributed by atoms with Crippen LogP contribution >= 0.6 is 11.6 Å². The number of carbonyl (C=O) groups excluding carboxylic acids is 1. The van der Waals surface area contributed by atoms with Gasteiger partial charge in [-0.2, -0.15) is 5.10 Å². The first-order valence-corrected chi connectivity index (χ1v) is 13.4. The summed E-state index contributed by atoms with van der Waals surface area (Å²) < 4.78 is 5.68. The van der Waals surface area contributed by atoms with E-state index in [1.54, 1.807) is 12.1 Å². The van der Waals surface area contributed by atoms with Crippen LogP contribution < -0.4 is 5.56 Å². The van der Waals surface area contributed by atoms with Gasteiger partial charge in [-0.1, -0.05) is 103 Å². The molecular formula is C33H26ClN3O3. The Morgan fingerprint density at radius 2 is 1.55 bits per heavy atom. The molecule has 1 N–H and O–H groups in total. The van der Waals surface area contributed by atoms with Gasteiger partial charge in [0, 0.05) is 35.0 Å². The van der Waals surface area contributed by atoms with E-state index >= 15 is 0 Å². The Morgan fingerprint density at radius 1 is 0.900 bits per heavy atom. The van der Waals surface area contributed by atoms with E-state index in [2.05, 4.69) is 4.98 Å². The molecule has 2 heterocycles. The van der Waals surface area contributed by atoms with E-state index in [9.17, 15) is 9.59 Å². The van der Waals surface area contributed by atoms with E-state index in [0.717, 1.165) is 33.2 Å². The molecule has 1 aliphatic rings. The maximum atomic E-state index is 14.0. The molecule has 7 heteroatoms. The topological polar surface area (TPSA) is 74.8 Å². The second kappa shape index (κ2) is 10.9. The average Bonchev–Trinajstić information content (AvgIpc) is 3.43. The Bertz CT molecular complexity index is 1770. The predicted octanol–water partition coefficient (Wildman–Crippen LogP) is 6.91. The molecule has 6 nitrogen and oxygen atoms in total. The van der Waals surface area contributed by atoms with E-state index in [0.29, 0.717) is 22.7 Å². The van der Waals surface area contributed by atoms with Gasteiger partial charge in [-0.3, -0.25) is 9.59 Å². The molecule has 40 heavy (non-hydrogen) atoms. The fraction of sp³-hybridized carbons (Fsp3) is 0.121. The van der Waals surface area contributed by atoms with Crippen molar-refractivity contribution in [3.63, 3.8) is 0 Å². The van der Waals surface area contributed by atoms with Gasteiger partial charge in [0.1, 0.15) is 0 Å². The van der Waals surface area contributed by atoms with Crippen LogP contribution in [0, 0.1) is 0 Å². The number of aromatic amines is 1. The number of pyridine rings is 1. The zero-order valence-electron chi connectivity index (χ0n) is 21.8. The molecule has 0 bridgehead atoms. The van der Waals surface area contributed by atoms with Crippen LogP contribution in [0.15, 0.2) is 119 Å². The SMILES string of the molecule is CO[C@H](C(=O)N1N=C(c2c(-c3ccc(Cl)cc3)c3ccccc3[nH]c2=O)C[C@@H]1c1ccccc1)c1ccccc1. The highest BCUT2D eigenvalue weighted by atomic mass is 35.5. The average molecular weight is 548 g/mol. The van der Waals surface area contributed by atoms with Gasteiger partial charge in [-0.15, -0.1) is 0 Å². The van der Waals surface area contributed by atoms with Crippen molar-refractivity contribution in [2.45, 2.75) is 18.6 Å². The number of rotatable bonds is 6. The standard InChI is InChI=1S/C33H26ClN3O3/c1-40-31(23-12-6-3-7-13-23)33(39)37-28(21-10-4-2-5-11-21)20-27(36-37)30-29(22-16-18-24(34)19-17-22)25-14-8-9-15-26(25)35-32(30)38/h2-19,28,31H,20H2,1H3,(H,35,38)/t28-,31+/m1/s1. The van der Waals surface area contributed by atoms with Gasteiger partial charge >= 0.3 is 0 Å². The zero-order chi connectivity index (χ0) is 27.6. The van der Waals surface area contributed by atoms with Gasteiger partial charge in [0.2, 0.25) is 0 Å². The molecule has 0 fully saturated rings. The maximum absolute atomic E-state index is 14.0. The van der Waals surface area contributed by atoms with Crippen LogP contribution in [0.25, 0.3) is 22.0 Å². The number of nitrogens with zero attached hydrogens (tertiary/aromatic N) is 2. The number of hydrogen-bond donors (Lipinski definition) is 1. The Labute approximate surface area is 236 Å². The number of carbonyl (C=O) groups is 1. The van der Waals surface area contributed by atoms with Crippen LogP contribution in [-0.2, 0) is 9.53 Å². The van der Waals surface area contributed by atoms with Crippen molar-refractivity contribution < 1.29 is 9.53 Å². The zero-order valence-corrected chi connectivity index (χ0v) is 22.5. The minimum Gasteiger partial charge on any atom is -0.367 e. The molecule has 6 rings (SSSR count). The number of H-pyrrole nitrogens is 1. The molecule has 1 aliphatic heterocycles. The third kappa shape index (κ3) is 4.72. The number of fused-ring (bicyclic) bond motifs is 1. The van der Waals surface area contributed by atoms with Crippen molar-refractivity contribution in [3.05, 3.63) is 141 Å². The van der Waals surface area contributed by atoms with E-state index in [1.807, 2.05) is 97.1 Å². The molecule has 0 saturated heterocycles. The van der Waals surface area contributed by atoms with Gasteiger partial charge in [-0.05, 0) is 34.9 Å². The molecule has 0 radical (unpaired) electrons. The second-order valence-corrected chi connectivity index (χ2v) is 10.1. The lowest BCUT2D eigenvalue weighted by atomic mass is 9.91. The lowest BCUT2D eigenvalue weighted by molar-refractivity contribution is -0.144. The number of para-hydroxylation sites is 1. The summed E-state index contributed by atoms with van der Waals surface area (Å²) in [6.07, 6.45) is -0.482. The predicted molar refractivity (Wildman–Crippen MR) is 158 cm³/mol. The summed E-state index contributed by atoms with van der Waals surface area (Å²) in [4.78, 5) is 30.8. The van der Waals surface area contributed by atoms with E-state index in [-0.39, 0.29) is 11.5 Å². The fourth-order valence-electron chi connectivity index (χ4n) is 5.36. The minimum absolute atomic E-state index is 0.269. The number of aromatic nitrogens is 1. The number of methoxy groups -OCH3 is 1. The van der Waals surface area contributed by atoms with Crippen LogP contribution in [-0.4, -0.2) is 28.7 Å². The van der Waals surface area contributed by atoms with Crippen molar-refractivity contribution in [1.29, 1.82) is 0 Å². The van der Waals surface area contributed by atoms with Gasteiger partial charge in [0.05, 0.1) is 17.3 Å². The van der Waals surface area contributed by atoms with Crippen molar-refractivity contribution in [3.8, 4) is 11.1 Å². The molecule has 0 spiro atoms. The highest BCUT2D eigenvalue weighted by Crippen LogP contribution is 2.38. The Balaban J connectivity index is 1.54. The summed E-state index contributed by atoms with van der Waals surface area (Å²) in [6.45, 7) is 0. The van der Waals surface area contributed by atoms with E-state index in [4.69, 9.17) is 21.4 Å². The first-order valence-electron chi connectivity index (χ1n) is 13.0. The van der Waals surface area contributed by atoms with Gasteiger partial charge in [-0.25, -0.2) is 5.01 Å². The Hall–Kier alpha value is -4.52. The first kappa shape index (κ1) is 25.7. The maximum Gasteiger partial charge on any atom is 0.276 e. The Kier molecular flexibility index (Phi) is 7.03. The number of halogens is 1. The number of amides is 1. The highest BCUT2D eigenvalue weighted by Gasteiger charge is 2.38. The summed E-state index contributed by atoms with van der Waals surface area (Å²) in [5.74, 6) is -0.303. The molecule has 2 atom stereocenters. The summed E-state index contributed by atoms with van der Waals surface area (Å²) in [6, 6.07) is 33.8. The summed E-state index contributed by atoms with van der Waals surface area (Å²) in [7, 11) is 1.51. The molecule has 5 aromatic rings.